The zero-order valence-corrected chi connectivity index (χ0v) is 20.9. The van der Waals surface area contributed by atoms with Crippen LogP contribution in [0, 0.1) is 6.92 Å². The van der Waals surface area contributed by atoms with E-state index in [0.29, 0.717) is 6.54 Å². The zero-order valence-electron chi connectivity index (χ0n) is 20.1. The fourth-order valence-corrected chi connectivity index (χ4v) is 6.85. The number of carbonyl (C=O) groups is 1. The van der Waals surface area contributed by atoms with Gasteiger partial charge in [-0.05, 0) is 85.7 Å². The van der Waals surface area contributed by atoms with Gasteiger partial charge < -0.3 is 19.5 Å². The van der Waals surface area contributed by atoms with Crippen molar-refractivity contribution in [1.82, 2.24) is 9.47 Å². The molecular weight excluding hydrogens is 454 g/mol. The van der Waals surface area contributed by atoms with Gasteiger partial charge in [-0.1, -0.05) is 24.3 Å². The highest BCUT2D eigenvalue weighted by Gasteiger charge is 2.36. The summed E-state index contributed by atoms with van der Waals surface area (Å²) in [5.41, 5.74) is 6.86. The number of hydrogen-bond acceptors (Lipinski definition) is 3. The Labute approximate surface area is 210 Å². The van der Waals surface area contributed by atoms with Gasteiger partial charge >= 0.3 is 6.03 Å². The summed E-state index contributed by atoms with van der Waals surface area (Å²) in [5.74, 6) is 0.807. The van der Waals surface area contributed by atoms with Gasteiger partial charge in [-0.3, -0.25) is 0 Å². The lowest BCUT2D eigenvalue weighted by molar-refractivity contribution is 0.194. The molecule has 6 heteroatoms. The van der Waals surface area contributed by atoms with E-state index in [0.717, 1.165) is 41.1 Å². The molecule has 178 valence electrons. The van der Waals surface area contributed by atoms with Crippen molar-refractivity contribution in [2.24, 2.45) is 0 Å². The number of aromatic nitrogens is 1. The number of carbonyl (C=O) groups excluding carboxylic acids is 1. The molecule has 35 heavy (non-hydrogen) atoms. The van der Waals surface area contributed by atoms with Crippen LogP contribution in [0.3, 0.4) is 0 Å². The molecule has 2 aromatic carbocycles. The Morgan fingerprint density at radius 2 is 1.86 bits per heavy atom. The van der Waals surface area contributed by atoms with Crippen molar-refractivity contribution in [2.75, 3.05) is 12.4 Å². The molecule has 3 heterocycles. The monoisotopic (exact) mass is 483 g/mol. The van der Waals surface area contributed by atoms with E-state index in [-0.39, 0.29) is 12.1 Å². The topological polar surface area (TPSA) is 46.5 Å². The minimum Gasteiger partial charge on any atom is -0.497 e. The Balaban J connectivity index is 1.49. The average Bonchev–Trinajstić information content (AvgIpc) is 3.46. The average molecular weight is 484 g/mol. The number of thiophene rings is 1. The van der Waals surface area contributed by atoms with E-state index in [9.17, 15) is 4.79 Å². The summed E-state index contributed by atoms with van der Waals surface area (Å²) in [5, 5.41) is 4.45. The molecular formula is C29H29N3O2S. The predicted octanol–water partition coefficient (Wildman–Crippen LogP) is 6.87. The standard InChI is InChI=1S/C29H29N3O2S/c1-19-7-5-8-21(17-19)30-29(33)32-18-24-23-9-3-4-11-26(23)35-28(24)31-16-6-10-25(31)27(32)20-12-14-22(34-2)15-13-20/h5-8,10,12-17,27H,3-4,9,11,18H2,1-2H3,(H,30,33). The SMILES string of the molecule is COc1ccc(C2c3cccn3-c3sc4c(c3CN2C(=O)Nc2cccc(C)c2)CCCC4)cc1. The predicted molar refractivity (Wildman–Crippen MR) is 141 cm³/mol. The quantitative estimate of drug-likeness (QED) is 0.346. The van der Waals surface area contributed by atoms with E-state index in [2.05, 4.69) is 40.3 Å². The highest BCUT2D eigenvalue weighted by atomic mass is 32.1. The number of rotatable bonds is 3. The Morgan fingerprint density at radius 3 is 2.66 bits per heavy atom. The van der Waals surface area contributed by atoms with Crippen LogP contribution in [-0.4, -0.2) is 22.6 Å². The van der Waals surface area contributed by atoms with E-state index in [1.807, 2.05) is 59.6 Å². The maximum absolute atomic E-state index is 14.0. The van der Waals surface area contributed by atoms with Crippen molar-refractivity contribution in [2.45, 2.75) is 45.2 Å². The van der Waals surface area contributed by atoms with Gasteiger partial charge in [0.1, 0.15) is 10.8 Å². The number of aryl methyl sites for hydroxylation is 2. The number of benzene rings is 2. The molecule has 1 aliphatic heterocycles. The van der Waals surface area contributed by atoms with E-state index >= 15 is 0 Å². The van der Waals surface area contributed by atoms with E-state index in [4.69, 9.17) is 4.74 Å². The molecule has 0 saturated carbocycles. The molecule has 2 aromatic heterocycles. The molecule has 0 radical (unpaired) electrons. The number of nitrogens with zero attached hydrogens (tertiary/aromatic N) is 2. The summed E-state index contributed by atoms with van der Waals surface area (Å²) in [7, 11) is 1.68. The molecule has 1 unspecified atom stereocenters. The maximum atomic E-state index is 14.0. The Bertz CT molecular complexity index is 1390. The zero-order chi connectivity index (χ0) is 23.9. The first-order chi connectivity index (χ1) is 17.1. The van der Waals surface area contributed by atoms with Crippen LogP contribution in [0.2, 0.25) is 0 Å². The first-order valence-corrected chi connectivity index (χ1v) is 13.0. The van der Waals surface area contributed by atoms with Crippen molar-refractivity contribution in [3.05, 3.63) is 99.7 Å². The molecule has 1 atom stereocenters. The highest BCUT2D eigenvalue weighted by Crippen LogP contribution is 2.44. The summed E-state index contributed by atoms with van der Waals surface area (Å²) >= 11 is 1.91. The van der Waals surface area contributed by atoms with Gasteiger partial charge in [-0.2, -0.15) is 0 Å². The molecule has 4 aromatic rings. The maximum Gasteiger partial charge on any atom is 0.322 e. The van der Waals surface area contributed by atoms with E-state index in [1.165, 1.54) is 33.8 Å². The third-order valence-corrected chi connectivity index (χ3v) is 8.47. The van der Waals surface area contributed by atoms with Crippen LogP contribution >= 0.6 is 11.3 Å². The van der Waals surface area contributed by atoms with Crippen LogP contribution in [0.1, 0.15) is 51.7 Å². The van der Waals surface area contributed by atoms with Crippen LogP contribution in [0.5, 0.6) is 5.75 Å². The van der Waals surface area contributed by atoms with Crippen molar-refractivity contribution < 1.29 is 9.53 Å². The van der Waals surface area contributed by atoms with Gasteiger partial charge in [-0.15, -0.1) is 11.3 Å². The van der Waals surface area contributed by atoms with Crippen molar-refractivity contribution in [3.63, 3.8) is 0 Å². The minimum atomic E-state index is -0.223. The van der Waals surface area contributed by atoms with Gasteiger partial charge in [0.15, 0.2) is 0 Å². The molecule has 1 aliphatic carbocycles. The van der Waals surface area contributed by atoms with Crippen molar-refractivity contribution in [3.8, 4) is 10.8 Å². The summed E-state index contributed by atoms with van der Waals surface area (Å²) in [4.78, 5) is 17.4. The number of amides is 2. The second kappa shape index (κ2) is 8.93. The van der Waals surface area contributed by atoms with Crippen molar-refractivity contribution in [1.29, 1.82) is 0 Å². The Kier molecular flexibility index (Phi) is 5.61. The number of ether oxygens (including phenoxy) is 1. The van der Waals surface area contributed by atoms with E-state index in [1.54, 1.807) is 7.11 Å². The molecule has 0 bridgehead atoms. The van der Waals surface area contributed by atoms with Crippen LogP contribution in [-0.2, 0) is 19.4 Å². The molecule has 2 aliphatic rings. The van der Waals surface area contributed by atoms with E-state index < -0.39 is 0 Å². The molecule has 0 fully saturated rings. The molecule has 0 saturated heterocycles. The number of anilines is 1. The third kappa shape index (κ3) is 3.92. The Morgan fingerprint density at radius 1 is 1.03 bits per heavy atom. The lowest BCUT2D eigenvalue weighted by atomic mass is 9.95. The van der Waals surface area contributed by atoms with Crippen LogP contribution in [0.15, 0.2) is 66.9 Å². The fraction of sp³-hybridized carbons (Fsp3) is 0.276. The number of methoxy groups -OCH3 is 1. The first kappa shape index (κ1) is 22.0. The number of fused-ring (bicyclic) bond motifs is 5. The van der Waals surface area contributed by atoms with Crippen LogP contribution < -0.4 is 10.1 Å². The van der Waals surface area contributed by atoms with Gasteiger partial charge in [0.25, 0.3) is 0 Å². The van der Waals surface area contributed by atoms with Gasteiger partial charge in [0.2, 0.25) is 0 Å². The van der Waals surface area contributed by atoms with Gasteiger partial charge in [0, 0.05) is 22.3 Å². The second-order valence-electron chi connectivity index (χ2n) is 9.40. The normalized spacial score (nSPS) is 16.6. The molecule has 0 spiro atoms. The summed E-state index contributed by atoms with van der Waals surface area (Å²) in [6.07, 6.45) is 6.84. The fourth-order valence-electron chi connectivity index (χ4n) is 5.44. The molecule has 5 nitrogen and oxygen atoms in total. The van der Waals surface area contributed by atoms with Crippen LogP contribution in [0.4, 0.5) is 10.5 Å². The number of nitrogens with one attached hydrogen (secondary N) is 1. The Hall–Kier alpha value is -3.51. The van der Waals surface area contributed by atoms with Gasteiger partial charge in [0.05, 0.1) is 25.4 Å². The summed E-state index contributed by atoms with van der Waals surface area (Å²) in [6, 6.07) is 20.0. The minimum absolute atomic E-state index is 0.0900. The molecule has 6 rings (SSSR count). The molecule has 1 N–H and O–H groups in total. The first-order valence-electron chi connectivity index (χ1n) is 12.2. The van der Waals surface area contributed by atoms with Gasteiger partial charge in [-0.25, -0.2) is 4.79 Å². The van der Waals surface area contributed by atoms with Crippen LogP contribution in [0.25, 0.3) is 5.00 Å². The van der Waals surface area contributed by atoms with Crippen molar-refractivity contribution >= 4 is 23.1 Å². The molecule has 2 amide bonds. The lowest BCUT2D eigenvalue weighted by Crippen LogP contribution is -2.38. The largest absolute Gasteiger partial charge is 0.497 e. The smallest absolute Gasteiger partial charge is 0.322 e. The summed E-state index contributed by atoms with van der Waals surface area (Å²) in [6.45, 7) is 2.62. The highest BCUT2D eigenvalue weighted by molar-refractivity contribution is 7.15. The number of hydrogen-bond donors (Lipinski definition) is 1. The second-order valence-corrected chi connectivity index (χ2v) is 10.5. The summed E-state index contributed by atoms with van der Waals surface area (Å²) < 4.78 is 7.72. The number of urea groups is 1. The third-order valence-electron chi connectivity index (χ3n) is 7.14. The lowest BCUT2D eigenvalue weighted by Gasteiger charge is -2.31.